The van der Waals surface area contributed by atoms with Gasteiger partial charge in [0.25, 0.3) is 0 Å². The summed E-state index contributed by atoms with van der Waals surface area (Å²) in [5.74, 6) is 1.40. The molecule has 18 heavy (non-hydrogen) atoms. The Morgan fingerprint density at radius 3 is 3.11 bits per heavy atom. The van der Waals surface area contributed by atoms with Crippen LogP contribution in [0, 0.1) is 0 Å². The number of pyridine rings is 1. The number of hydrogen-bond acceptors (Lipinski definition) is 5. The minimum Gasteiger partial charge on any atom is -0.479 e. The third-order valence-electron chi connectivity index (χ3n) is 3.44. The molecule has 3 N–H and O–H groups in total. The van der Waals surface area contributed by atoms with E-state index >= 15 is 0 Å². The Morgan fingerprint density at radius 1 is 1.56 bits per heavy atom. The number of nitrogen functional groups attached to an aromatic ring is 1. The molecule has 1 aromatic rings. The normalized spacial score (nSPS) is 19.2. The lowest BCUT2D eigenvalue weighted by Crippen LogP contribution is -2.30. The molecule has 1 atom stereocenters. The summed E-state index contributed by atoms with van der Waals surface area (Å²) >= 11 is 0. The fraction of sp³-hybridized carbons (Fsp3) is 0.615. The largest absolute Gasteiger partial charge is 0.479 e. The number of nitrogens with zero attached hydrogens (tertiary/aromatic N) is 2. The summed E-state index contributed by atoms with van der Waals surface area (Å²) in [6, 6.07) is 4.25. The molecule has 2 heterocycles. The number of rotatable bonds is 5. The van der Waals surface area contributed by atoms with Gasteiger partial charge in [0.15, 0.2) is 0 Å². The first-order valence-corrected chi connectivity index (χ1v) is 6.44. The van der Waals surface area contributed by atoms with E-state index < -0.39 is 0 Å². The second-order valence-corrected chi connectivity index (χ2v) is 4.62. The number of methoxy groups -OCH3 is 1. The van der Waals surface area contributed by atoms with Gasteiger partial charge in [-0.25, -0.2) is 0 Å². The van der Waals surface area contributed by atoms with Gasteiger partial charge >= 0.3 is 0 Å². The van der Waals surface area contributed by atoms with E-state index in [1.807, 2.05) is 12.1 Å². The van der Waals surface area contributed by atoms with Crippen LogP contribution in [0.1, 0.15) is 25.7 Å². The topological polar surface area (TPSA) is 71.6 Å². The van der Waals surface area contributed by atoms with Crippen LogP contribution in [0.4, 0.5) is 11.5 Å². The van der Waals surface area contributed by atoms with Crippen molar-refractivity contribution in [3.8, 4) is 5.88 Å². The van der Waals surface area contributed by atoms with Crippen LogP contribution >= 0.6 is 0 Å². The molecular formula is C13H21N3O2. The molecule has 0 saturated carbocycles. The second kappa shape index (κ2) is 5.91. The van der Waals surface area contributed by atoms with Crippen molar-refractivity contribution >= 4 is 11.5 Å². The molecule has 1 aliphatic heterocycles. The summed E-state index contributed by atoms with van der Waals surface area (Å²) in [6.45, 7) is 1.26. The Balaban J connectivity index is 2.14. The summed E-state index contributed by atoms with van der Waals surface area (Å²) < 4.78 is 5.16. The smallest absolute Gasteiger partial charge is 0.238 e. The number of nitrogens with two attached hydrogens (primary N) is 1. The van der Waals surface area contributed by atoms with Gasteiger partial charge in [0.1, 0.15) is 5.82 Å². The number of aliphatic hydroxyl groups excluding tert-OH is 1. The van der Waals surface area contributed by atoms with Crippen molar-refractivity contribution in [2.24, 2.45) is 0 Å². The maximum absolute atomic E-state index is 8.93. The molecule has 100 valence electrons. The highest BCUT2D eigenvalue weighted by molar-refractivity contribution is 5.55. The Kier molecular flexibility index (Phi) is 4.25. The summed E-state index contributed by atoms with van der Waals surface area (Å²) in [5, 5.41) is 8.93. The molecule has 0 radical (unpaired) electrons. The fourth-order valence-corrected chi connectivity index (χ4v) is 2.53. The van der Waals surface area contributed by atoms with E-state index in [1.165, 1.54) is 6.42 Å². The van der Waals surface area contributed by atoms with Crippen LogP contribution in [-0.2, 0) is 0 Å². The highest BCUT2D eigenvalue weighted by atomic mass is 16.5. The number of aromatic nitrogens is 1. The van der Waals surface area contributed by atoms with Gasteiger partial charge in [-0.3, -0.25) is 0 Å². The average molecular weight is 251 g/mol. The molecular weight excluding hydrogens is 230 g/mol. The third kappa shape index (κ3) is 2.67. The molecule has 5 nitrogen and oxygen atoms in total. The van der Waals surface area contributed by atoms with Gasteiger partial charge in [-0.2, -0.15) is 4.98 Å². The first-order valence-electron chi connectivity index (χ1n) is 6.44. The van der Waals surface area contributed by atoms with E-state index in [1.54, 1.807) is 7.11 Å². The van der Waals surface area contributed by atoms with Crippen molar-refractivity contribution in [1.29, 1.82) is 0 Å². The second-order valence-electron chi connectivity index (χ2n) is 4.62. The molecule has 1 aromatic heterocycles. The fourth-order valence-electron chi connectivity index (χ4n) is 2.53. The zero-order valence-corrected chi connectivity index (χ0v) is 10.8. The summed E-state index contributed by atoms with van der Waals surface area (Å²) in [4.78, 5) is 6.74. The van der Waals surface area contributed by atoms with Gasteiger partial charge in [-0.15, -0.1) is 0 Å². The first-order chi connectivity index (χ1) is 8.76. The third-order valence-corrected chi connectivity index (χ3v) is 3.44. The maximum Gasteiger partial charge on any atom is 0.238 e. The van der Waals surface area contributed by atoms with Crippen molar-refractivity contribution in [2.45, 2.75) is 31.7 Å². The van der Waals surface area contributed by atoms with E-state index in [0.717, 1.165) is 31.6 Å². The summed E-state index contributed by atoms with van der Waals surface area (Å²) in [7, 11) is 1.58. The highest BCUT2D eigenvalue weighted by Gasteiger charge is 2.25. The van der Waals surface area contributed by atoms with Crippen molar-refractivity contribution in [3.05, 3.63) is 12.1 Å². The molecule has 1 aliphatic rings. The molecule has 0 spiro atoms. The van der Waals surface area contributed by atoms with Gasteiger partial charge in [0.05, 0.1) is 12.8 Å². The van der Waals surface area contributed by atoms with Crippen LogP contribution in [0.5, 0.6) is 5.88 Å². The molecule has 1 unspecified atom stereocenters. The van der Waals surface area contributed by atoms with E-state index in [4.69, 9.17) is 15.6 Å². The molecule has 0 amide bonds. The molecule has 0 aromatic carbocycles. The van der Waals surface area contributed by atoms with E-state index in [-0.39, 0.29) is 6.61 Å². The van der Waals surface area contributed by atoms with Crippen LogP contribution in [0.2, 0.25) is 0 Å². The van der Waals surface area contributed by atoms with Crippen LogP contribution < -0.4 is 15.4 Å². The van der Waals surface area contributed by atoms with Crippen molar-refractivity contribution in [2.75, 3.05) is 30.9 Å². The van der Waals surface area contributed by atoms with Gasteiger partial charge in [0, 0.05) is 19.2 Å². The Hall–Kier alpha value is -1.49. The SMILES string of the molecule is COc1nc(N2CCCC2CCCO)ccc1N. The first kappa shape index (κ1) is 13.0. The van der Waals surface area contributed by atoms with Gasteiger partial charge in [-0.05, 0) is 37.8 Å². The zero-order valence-electron chi connectivity index (χ0n) is 10.8. The van der Waals surface area contributed by atoms with Gasteiger partial charge < -0.3 is 20.5 Å². The van der Waals surface area contributed by atoms with Gasteiger partial charge in [-0.1, -0.05) is 0 Å². The quantitative estimate of drug-likeness (QED) is 0.828. The van der Waals surface area contributed by atoms with E-state index in [0.29, 0.717) is 17.6 Å². The predicted molar refractivity (Wildman–Crippen MR) is 71.9 cm³/mol. The van der Waals surface area contributed by atoms with Crippen molar-refractivity contribution in [3.63, 3.8) is 0 Å². The van der Waals surface area contributed by atoms with Crippen LogP contribution in [0.3, 0.4) is 0 Å². The monoisotopic (exact) mass is 251 g/mol. The minimum atomic E-state index is 0.253. The predicted octanol–water partition coefficient (Wildman–Crippen LogP) is 1.41. The van der Waals surface area contributed by atoms with E-state index in [9.17, 15) is 0 Å². The minimum absolute atomic E-state index is 0.253. The summed E-state index contributed by atoms with van der Waals surface area (Å²) in [6.07, 6.45) is 4.18. The zero-order chi connectivity index (χ0) is 13.0. The molecule has 0 aliphatic carbocycles. The van der Waals surface area contributed by atoms with Crippen LogP contribution in [0.15, 0.2) is 12.1 Å². The lowest BCUT2D eigenvalue weighted by Gasteiger charge is -2.26. The highest BCUT2D eigenvalue weighted by Crippen LogP contribution is 2.29. The Morgan fingerprint density at radius 2 is 2.39 bits per heavy atom. The van der Waals surface area contributed by atoms with Crippen molar-refractivity contribution in [1.82, 2.24) is 4.98 Å². The van der Waals surface area contributed by atoms with Crippen molar-refractivity contribution < 1.29 is 9.84 Å². The number of aliphatic hydroxyl groups is 1. The maximum atomic E-state index is 8.93. The summed E-state index contributed by atoms with van der Waals surface area (Å²) in [5.41, 5.74) is 6.34. The standard InChI is InChI=1S/C13H21N3O2/c1-18-13-11(14)6-7-12(15-13)16-8-2-4-10(16)5-3-9-17/h6-7,10,17H,2-5,8-9,14H2,1H3. The molecule has 0 bridgehead atoms. The molecule has 1 fully saturated rings. The number of hydrogen-bond donors (Lipinski definition) is 2. The Labute approximate surface area is 108 Å². The lowest BCUT2D eigenvalue weighted by molar-refractivity contribution is 0.279. The number of anilines is 2. The average Bonchev–Trinajstić information content (AvgIpc) is 2.85. The van der Waals surface area contributed by atoms with Gasteiger partial charge in [0.2, 0.25) is 5.88 Å². The van der Waals surface area contributed by atoms with Crippen LogP contribution in [-0.4, -0.2) is 36.4 Å². The molecule has 1 saturated heterocycles. The number of ether oxygens (including phenoxy) is 1. The van der Waals surface area contributed by atoms with E-state index in [2.05, 4.69) is 9.88 Å². The Bertz CT molecular complexity index is 398. The molecule has 5 heteroatoms. The molecule has 2 rings (SSSR count). The van der Waals surface area contributed by atoms with Crippen LogP contribution in [0.25, 0.3) is 0 Å². The lowest BCUT2D eigenvalue weighted by atomic mass is 10.1.